The van der Waals surface area contributed by atoms with Crippen LogP contribution in [-0.4, -0.2) is 16.2 Å². The summed E-state index contributed by atoms with van der Waals surface area (Å²) in [6.07, 6.45) is 3.69. The van der Waals surface area contributed by atoms with Crippen LogP contribution >= 0.6 is 0 Å². The Labute approximate surface area is 124 Å². The Morgan fingerprint density at radius 3 is 2.62 bits per heavy atom. The zero-order chi connectivity index (χ0) is 14.5. The van der Waals surface area contributed by atoms with Gasteiger partial charge in [-0.1, -0.05) is 30.3 Å². The Morgan fingerprint density at radius 2 is 1.81 bits per heavy atom. The van der Waals surface area contributed by atoms with Crippen molar-refractivity contribution in [2.75, 3.05) is 11.9 Å². The molecule has 0 fully saturated rings. The monoisotopic (exact) mass is 279 g/mol. The molecule has 21 heavy (non-hydrogen) atoms. The second kappa shape index (κ2) is 6.13. The summed E-state index contributed by atoms with van der Waals surface area (Å²) in [5.74, 6) is 1.60. The van der Waals surface area contributed by atoms with Crippen molar-refractivity contribution in [3.05, 3.63) is 67.0 Å². The van der Waals surface area contributed by atoms with Gasteiger partial charge >= 0.3 is 0 Å². The summed E-state index contributed by atoms with van der Waals surface area (Å²) in [5.41, 5.74) is 1.97. The van der Waals surface area contributed by atoms with E-state index < -0.39 is 0 Å². The van der Waals surface area contributed by atoms with Crippen molar-refractivity contribution in [1.82, 2.24) is 9.55 Å². The maximum atomic E-state index is 5.69. The molecule has 0 unspecified atom stereocenters. The van der Waals surface area contributed by atoms with E-state index in [1.54, 1.807) is 6.20 Å². The highest BCUT2D eigenvalue weighted by Crippen LogP contribution is 2.26. The number of para-hydroxylation sites is 3. The highest BCUT2D eigenvalue weighted by molar-refractivity contribution is 5.58. The summed E-state index contributed by atoms with van der Waals surface area (Å²) < 4.78 is 7.67. The Balaban J connectivity index is 1.96. The molecule has 0 aliphatic heterocycles. The first-order chi connectivity index (χ1) is 10.4. The summed E-state index contributed by atoms with van der Waals surface area (Å²) in [4.78, 5) is 4.39. The fraction of sp³-hybridized carbons (Fsp3) is 0.118. The van der Waals surface area contributed by atoms with Crippen molar-refractivity contribution in [1.29, 1.82) is 0 Å². The molecule has 0 radical (unpaired) electrons. The fourth-order valence-electron chi connectivity index (χ4n) is 2.17. The van der Waals surface area contributed by atoms with Gasteiger partial charge in [-0.15, -0.1) is 0 Å². The maximum absolute atomic E-state index is 5.69. The molecular weight excluding hydrogens is 262 g/mol. The van der Waals surface area contributed by atoms with Gasteiger partial charge in [-0.25, -0.2) is 4.98 Å². The van der Waals surface area contributed by atoms with E-state index in [0.29, 0.717) is 6.61 Å². The molecule has 4 nitrogen and oxygen atoms in total. The first-order valence-electron chi connectivity index (χ1n) is 6.96. The molecule has 3 rings (SSSR count). The van der Waals surface area contributed by atoms with Crippen molar-refractivity contribution >= 4 is 11.6 Å². The van der Waals surface area contributed by atoms with Crippen LogP contribution in [-0.2, 0) is 0 Å². The van der Waals surface area contributed by atoms with Crippen molar-refractivity contribution in [3.63, 3.8) is 0 Å². The number of benzene rings is 2. The maximum Gasteiger partial charge on any atom is 0.212 e. The minimum Gasteiger partial charge on any atom is -0.492 e. The third-order valence-electron chi connectivity index (χ3n) is 3.10. The largest absolute Gasteiger partial charge is 0.492 e. The van der Waals surface area contributed by atoms with Crippen LogP contribution in [0.15, 0.2) is 67.0 Å². The van der Waals surface area contributed by atoms with Gasteiger partial charge in [0.2, 0.25) is 5.95 Å². The number of nitrogens with zero attached hydrogens (tertiary/aromatic N) is 2. The van der Waals surface area contributed by atoms with Gasteiger partial charge in [-0.2, -0.15) is 0 Å². The number of anilines is 2. The average Bonchev–Trinajstić information content (AvgIpc) is 2.97. The highest BCUT2D eigenvalue weighted by atomic mass is 16.5. The predicted octanol–water partition coefficient (Wildman–Crippen LogP) is 4.01. The van der Waals surface area contributed by atoms with Crippen molar-refractivity contribution < 1.29 is 4.74 Å². The first kappa shape index (κ1) is 13.2. The Morgan fingerprint density at radius 1 is 1.05 bits per heavy atom. The fourth-order valence-corrected chi connectivity index (χ4v) is 2.17. The van der Waals surface area contributed by atoms with Gasteiger partial charge in [-0.3, -0.25) is 4.57 Å². The molecule has 0 atom stereocenters. The number of rotatable bonds is 5. The Bertz CT molecular complexity index is 707. The third kappa shape index (κ3) is 2.89. The van der Waals surface area contributed by atoms with E-state index >= 15 is 0 Å². The van der Waals surface area contributed by atoms with Gasteiger partial charge in [0.1, 0.15) is 5.75 Å². The van der Waals surface area contributed by atoms with Crippen LogP contribution in [0.2, 0.25) is 0 Å². The van der Waals surface area contributed by atoms with Crippen LogP contribution in [0.25, 0.3) is 5.69 Å². The minimum atomic E-state index is 0.632. The van der Waals surface area contributed by atoms with Gasteiger partial charge in [0.25, 0.3) is 0 Å². The van der Waals surface area contributed by atoms with Gasteiger partial charge < -0.3 is 10.1 Å². The van der Waals surface area contributed by atoms with E-state index in [1.165, 1.54) is 0 Å². The number of hydrogen-bond donors (Lipinski definition) is 1. The van der Waals surface area contributed by atoms with Crippen molar-refractivity contribution in [2.45, 2.75) is 6.92 Å². The lowest BCUT2D eigenvalue weighted by atomic mass is 10.3. The molecule has 0 aliphatic rings. The van der Waals surface area contributed by atoms with E-state index in [9.17, 15) is 0 Å². The summed E-state index contributed by atoms with van der Waals surface area (Å²) >= 11 is 0. The molecule has 0 bridgehead atoms. The SMILES string of the molecule is CCOc1ccccc1-n1ccnc1Nc1ccccc1. The van der Waals surface area contributed by atoms with E-state index in [1.807, 2.05) is 72.3 Å². The molecule has 1 heterocycles. The molecule has 4 heteroatoms. The van der Waals surface area contributed by atoms with Gasteiger partial charge in [0.05, 0.1) is 12.3 Å². The number of nitrogens with one attached hydrogen (secondary N) is 1. The summed E-state index contributed by atoms with van der Waals surface area (Å²) in [6, 6.07) is 17.9. The van der Waals surface area contributed by atoms with E-state index in [-0.39, 0.29) is 0 Å². The molecule has 3 aromatic rings. The van der Waals surface area contributed by atoms with E-state index in [4.69, 9.17) is 4.74 Å². The van der Waals surface area contributed by atoms with Crippen LogP contribution < -0.4 is 10.1 Å². The van der Waals surface area contributed by atoms with E-state index in [0.717, 1.165) is 23.1 Å². The number of ether oxygens (including phenoxy) is 1. The molecule has 0 aliphatic carbocycles. The Hall–Kier alpha value is -2.75. The van der Waals surface area contributed by atoms with Crippen LogP contribution in [0.3, 0.4) is 0 Å². The van der Waals surface area contributed by atoms with Gasteiger partial charge in [0, 0.05) is 18.1 Å². The molecule has 1 N–H and O–H groups in total. The number of aromatic nitrogens is 2. The summed E-state index contributed by atoms with van der Waals surface area (Å²) in [5, 5.41) is 3.32. The molecular formula is C17H17N3O. The topological polar surface area (TPSA) is 39.1 Å². The van der Waals surface area contributed by atoms with E-state index in [2.05, 4.69) is 10.3 Å². The normalized spacial score (nSPS) is 10.3. The third-order valence-corrected chi connectivity index (χ3v) is 3.10. The standard InChI is InChI=1S/C17H17N3O/c1-2-21-16-11-7-6-10-15(16)20-13-12-18-17(20)19-14-8-4-3-5-9-14/h3-13H,2H2,1H3,(H,18,19). The lowest BCUT2D eigenvalue weighted by Gasteiger charge is -2.13. The molecule has 1 aromatic heterocycles. The molecule has 2 aromatic carbocycles. The molecule has 0 saturated heterocycles. The molecule has 106 valence electrons. The lowest BCUT2D eigenvalue weighted by Crippen LogP contribution is -2.03. The Kier molecular flexibility index (Phi) is 3.87. The zero-order valence-electron chi connectivity index (χ0n) is 11.9. The van der Waals surface area contributed by atoms with Crippen molar-refractivity contribution in [2.24, 2.45) is 0 Å². The zero-order valence-corrected chi connectivity index (χ0v) is 11.9. The second-order valence-electron chi connectivity index (χ2n) is 4.51. The van der Waals surface area contributed by atoms with Crippen LogP contribution in [0.5, 0.6) is 5.75 Å². The minimum absolute atomic E-state index is 0.632. The van der Waals surface area contributed by atoms with Crippen LogP contribution in [0, 0.1) is 0 Å². The second-order valence-corrected chi connectivity index (χ2v) is 4.51. The van der Waals surface area contributed by atoms with Gasteiger partial charge in [-0.05, 0) is 31.2 Å². The molecule has 0 saturated carbocycles. The summed E-state index contributed by atoms with van der Waals surface area (Å²) in [7, 11) is 0. The van der Waals surface area contributed by atoms with Gasteiger partial charge in [0.15, 0.2) is 0 Å². The highest BCUT2D eigenvalue weighted by Gasteiger charge is 2.09. The lowest BCUT2D eigenvalue weighted by molar-refractivity contribution is 0.339. The predicted molar refractivity (Wildman–Crippen MR) is 84.5 cm³/mol. The number of imidazole rings is 1. The molecule has 0 amide bonds. The first-order valence-corrected chi connectivity index (χ1v) is 6.96. The average molecular weight is 279 g/mol. The number of hydrogen-bond acceptors (Lipinski definition) is 3. The van der Waals surface area contributed by atoms with Crippen LogP contribution in [0.1, 0.15) is 6.92 Å². The van der Waals surface area contributed by atoms with Crippen molar-refractivity contribution in [3.8, 4) is 11.4 Å². The van der Waals surface area contributed by atoms with Crippen LogP contribution in [0.4, 0.5) is 11.6 Å². The molecule has 0 spiro atoms. The summed E-state index contributed by atoms with van der Waals surface area (Å²) in [6.45, 7) is 2.61. The quantitative estimate of drug-likeness (QED) is 0.767. The smallest absolute Gasteiger partial charge is 0.212 e.